The normalized spacial score (nSPS) is 10.1. The summed E-state index contributed by atoms with van der Waals surface area (Å²) in [5, 5.41) is 2.36. The lowest BCUT2D eigenvalue weighted by molar-refractivity contribution is -0.123. The van der Waals surface area contributed by atoms with Crippen LogP contribution in [0.4, 0.5) is 0 Å². The van der Waals surface area contributed by atoms with Gasteiger partial charge in [-0.1, -0.05) is 24.3 Å². The lowest BCUT2D eigenvalue weighted by Gasteiger charge is -2.10. The summed E-state index contributed by atoms with van der Waals surface area (Å²) in [6.07, 6.45) is 2.89. The highest BCUT2D eigenvalue weighted by Gasteiger charge is 2.06. The maximum Gasteiger partial charge on any atom is 0.276 e. The topological polar surface area (TPSA) is 97.9 Å². The molecular formula is C20H21N3O5S. The van der Waals surface area contributed by atoms with E-state index in [4.69, 9.17) is 26.4 Å². The SMILES string of the molecule is COc1ccc(C=CC(=O)NC(=S)NNC(=O)COc2ccccc2)cc1OC. The van der Waals surface area contributed by atoms with Gasteiger partial charge in [-0.2, -0.15) is 0 Å². The monoisotopic (exact) mass is 415 g/mol. The zero-order chi connectivity index (χ0) is 21.1. The second kappa shape index (κ2) is 11.3. The van der Waals surface area contributed by atoms with Gasteiger partial charge in [-0.15, -0.1) is 0 Å². The molecule has 0 heterocycles. The first-order chi connectivity index (χ1) is 14.0. The number of rotatable bonds is 7. The number of hydrogen-bond donors (Lipinski definition) is 3. The van der Waals surface area contributed by atoms with E-state index in [0.29, 0.717) is 17.2 Å². The summed E-state index contributed by atoms with van der Waals surface area (Å²) >= 11 is 4.96. The quantitative estimate of drug-likeness (QED) is 0.360. The van der Waals surface area contributed by atoms with Crippen molar-refractivity contribution in [3.05, 3.63) is 60.2 Å². The molecule has 0 spiro atoms. The molecule has 0 aliphatic carbocycles. The van der Waals surface area contributed by atoms with Crippen molar-refractivity contribution in [1.82, 2.24) is 16.2 Å². The summed E-state index contributed by atoms with van der Waals surface area (Å²) in [6.45, 7) is -0.202. The first-order valence-electron chi connectivity index (χ1n) is 8.49. The van der Waals surface area contributed by atoms with Crippen molar-refractivity contribution in [2.45, 2.75) is 0 Å². The predicted octanol–water partition coefficient (Wildman–Crippen LogP) is 1.82. The Kier molecular flexibility index (Phi) is 8.46. The minimum Gasteiger partial charge on any atom is -0.493 e. The molecule has 2 amide bonds. The van der Waals surface area contributed by atoms with Gasteiger partial charge in [0.2, 0.25) is 5.91 Å². The molecule has 2 aromatic carbocycles. The van der Waals surface area contributed by atoms with Gasteiger partial charge in [0.1, 0.15) is 5.75 Å². The smallest absolute Gasteiger partial charge is 0.276 e. The molecule has 2 aromatic rings. The number of hydrazine groups is 1. The van der Waals surface area contributed by atoms with Crippen LogP contribution in [0, 0.1) is 0 Å². The first-order valence-corrected chi connectivity index (χ1v) is 8.90. The number of nitrogens with one attached hydrogen (secondary N) is 3. The average Bonchev–Trinajstić information content (AvgIpc) is 2.75. The maximum atomic E-state index is 11.9. The van der Waals surface area contributed by atoms with Gasteiger partial charge in [0.25, 0.3) is 5.91 Å². The van der Waals surface area contributed by atoms with Crippen LogP contribution in [0.1, 0.15) is 5.56 Å². The van der Waals surface area contributed by atoms with Crippen molar-refractivity contribution in [1.29, 1.82) is 0 Å². The highest BCUT2D eigenvalue weighted by Crippen LogP contribution is 2.27. The third kappa shape index (κ3) is 7.51. The summed E-state index contributed by atoms with van der Waals surface area (Å²) in [5.41, 5.74) is 5.50. The highest BCUT2D eigenvalue weighted by atomic mass is 32.1. The number of hydrogen-bond acceptors (Lipinski definition) is 6. The Morgan fingerprint density at radius 3 is 2.41 bits per heavy atom. The maximum absolute atomic E-state index is 11.9. The second-order valence-corrected chi connectivity index (χ2v) is 5.95. The zero-order valence-corrected chi connectivity index (χ0v) is 16.7. The molecule has 29 heavy (non-hydrogen) atoms. The van der Waals surface area contributed by atoms with Crippen LogP contribution in [0.3, 0.4) is 0 Å². The van der Waals surface area contributed by atoms with Crippen molar-refractivity contribution in [2.24, 2.45) is 0 Å². The van der Waals surface area contributed by atoms with E-state index < -0.39 is 11.8 Å². The van der Waals surface area contributed by atoms with Gasteiger partial charge in [0.05, 0.1) is 14.2 Å². The molecule has 0 radical (unpaired) electrons. The lowest BCUT2D eigenvalue weighted by atomic mass is 10.2. The molecule has 0 aliphatic rings. The summed E-state index contributed by atoms with van der Waals surface area (Å²) in [4.78, 5) is 23.7. The van der Waals surface area contributed by atoms with E-state index in [2.05, 4.69) is 16.2 Å². The van der Waals surface area contributed by atoms with Crippen LogP contribution in [-0.2, 0) is 9.59 Å². The van der Waals surface area contributed by atoms with Crippen LogP contribution in [0.25, 0.3) is 6.08 Å². The largest absolute Gasteiger partial charge is 0.493 e. The van der Waals surface area contributed by atoms with E-state index in [1.54, 1.807) is 55.7 Å². The fraction of sp³-hybridized carbons (Fsp3) is 0.150. The minimum absolute atomic E-state index is 0.0555. The number of benzene rings is 2. The van der Waals surface area contributed by atoms with E-state index in [1.807, 2.05) is 6.07 Å². The van der Waals surface area contributed by atoms with Crippen molar-refractivity contribution >= 4 is 35.2 Å². The van der Waals surface area contributed by atoms with Gasteiger partial charge in [0.15, 0.2) is 23.2 Å². The van der Waals surface area contributed by atoms with Gasteiger partial charge >= 0.3 is 0 Å². The van der Waals surface area contributed by atoms with Crippen LogP contribution >= 0.6 is 12.2 Å². The molecule has 9 heteroatoms. The average molecular weight is 415 g/mol. The van der Waals surface area contributed by atoms with Gasteiger partial charge in [-0.3, -0.25) is 25.8 Å². The van der Waals surface area contributed by atoms with E-state index in [9.17, 15) is 9.59 Å². The van der Waals surface area contributed by atoms with Crippen molar-refractivity contribution in [3.8, 4) is 17.2 Å². The number of methoxy groups -OCH3 is 2. The Morgan fingerprint density at radius 1 is 1.00 bits per heavy atom. The molecular weight excluding hydrogens is 394 g/mol. The molecule has 3 N–H and O–H groups in total. The van der Waals surface area contributed by atoms with Crippen molar-refractivity contribution in [2.75, 3.05) is 20.8 Å². The number of para-hydroxylation sites is 1. The Bertz CT molecular complexity index is 887. The van der Waals surface area contributed by atoms with Crippen molar-refractivity contribution < 1.29 is 23.8 Å². The van der Waals surface area contributed by atoms with Crippen LogP contribution in [0.2, 0.25) is 0 Å². The standard InChI is InChI=1S/C20H21N3O5S/c1-26-16-10-8-14(12-17(16)27-2)9-11-18(24)21-20(29)23-22-19(25)13-28-15-6-4-3-5-7-15/h3-12H,13H2,1-2H3,(H,22,25)(H2,21,23,24,29). The third-order valence-corrected chi connectivity index (χ3v) is 3.70. The van der Waals surface area contributed by atoms with Gasteiger partial charge in [-0.25, -0.2) is 0 Å². The van der Waals surface area contributed by atoms with Crippen LogP contribution < -0.4 is 30.4 Å². The van der Waals surface area contributed by atoms with Gasteiger partial charge < -0.3 is 14.2 Å². The molecule has 0 aromatic heterocycles. The molecule has 152 valence electrons. The van der Waals surface area contributed by atoms with E-state index in [1.165, 1.54) is 13.2 Å². The Labute approximate surface area is 173 Å². The fourth-order valence-electron chi connectivity index (χ4n) is 2.14. The molecule has 0 unspecified atom stereocenters. The Hall–Kier alpha value is -3.59. The number of thiocarbonyl (C=S) groups is 1. The summed E-state index contributed by atoms with van der Waals surface area (Å²) in [6, 6.07) is 14.1. The lowest BCUT2D eigenvalue weighted by Crippen LogP contribution is -2.49. The van der Waals surface area contributed by atoms with Crippen molar-refractivity contribution in [3.63, 3.8) is 0 Å². The van der Waals surface area contributed by atoms with Crippen LogP contribution in [0.15, 0.2) is 54.6 Å². The summed E-state index contributed by atoms with van der Waals surface area (Å²) in [7, 11) is 3.07. The van der Waals surface area contributed by atoms with Crippen LogP contribution in [0.5, 0.6) is 17.2 Å². The first kappa shape index (κ1) is 21.7. The number of amides is 2. The molecule has 0 aliphatic heterocycles. The predicted molar refractivity (Wildman–Crippen MR) is 113 cm³/mol. The molecule has 0 bridgehead atoms. The molecule has 0 fully saturated rings. The number of carbonyl (C=O) groups is 2. The Morgan fingerprint density at radius 2 is 1.72 bits per heavy atom. The van der Waals surface area contributed by atoms with E-state index in [-0.39, 0.29) is 11.7 Å². The minimum atomic E-state index is -0.466. The third-order valence-electron chi connectivity index (χ3n) is 3.50. The summed E-state index contributed by atoms with van der Waals surface area (Å²) < 4.78 is 15.7. The molecule has 0 saturated carbocycles. The highest BCUT2D eigenvalue weighted by molar-refractivity contribution is 7.80. The second-order valence-electron chi connectivity index (χ2n) is 5.54. The Balaban J connectivity index is 1.75. The van der Waals surface area contributed by atoms with Crippen LogP contribution in [-0.4, -0.2) is 37.8 Å². The zero-order valence-electron chi connectivity index (χ0n) is 15.9. The molecule has 0 saturated heterocycles. The number of ether oxygens (including phenoxy) is 3. The van der Waals surface area contributed by atoms with Gasteiger partial charge in [-0.05, 0) is 48.1 Å². The molecule has 2 rings (SSSR count). The molecule has 8 nitrogen and oxygen atoms in total. The molecule has 0 atom stereocenters. The van der Waals surface area contributed by atoms with E-state index in [0.717, 1.165) is 5.56 Å². The summed E-state index contributed by atoms with van der Waals surface area (Å²) in [5.74, 6) is 0.788. The van der Waals surface area contributed by atoms with E-state index >= 15 is 0 Å². The van der Waals surface area contributed by atoms with Gasteiger partial charge in [0, 0.05) is 6.08 Å². The number of carbonyl (C=O) groups excluding carboxylic acids is 2. The fourth-order valence-corrected chi connectivity index (χ4v) is 2.29.